The van der Waals surface area contributed by atoms with Crippen LogP contribution in [0, 0.1) is 13.8 Å². The Labute approximate surface area is 136 Å². The van der Waals surface area contributed by atoms with Gasteiger partial charge in [-0.1, -0.05) is 17.7 Å². The van der Waals surface area contributed by atoms with Crippen molar-refractivity contribution in [2.75, 3.05) is 36.4 Å². The number of benzene rings is 1. The molecule has 1 saturated heterocycles. The van der Waals surface area contributed by atoms with Gasteiger partial charge in [-0.15, -0.1) is 0 Å². The molecule has 120 valence electrons. The molecule has 0 unspecified atom stereocenters. The van der Waals surface area contributed by atoms with Crippen LogP contribution in [0.15, 0.2) is 42.7 Å². The average Bonchev–Trinajstić information content (AvgIpc) is 2.58. The number of carbonyl (C=O) groups is 1. The molecule has 0 spiro atoms. The number of aryl methyl sites for hydroxylation is 2. The van der Waals surface area contributed by atoms with Gasteiger partial charge < -0.3 is 15.1 Å². The lowest BCUT2D eigenvalue weighted by molar-refractivity contribution is 0.208. The van der Waals surface area contributed by atoms with Crippen LogP contribution in [0.25, 0.3) is 0 Å². The maximum atomic E-state index is 12.4. The highest BCUT2D eigenvalue weighted by Gasteiger charge is 2.21. The number of nitrogens with zero attached hydrogens (tertiary/aromatic N) is 3. The zero-order valence-corrected chi connectivity index (χ0v) is 13.6. The summed E-state index contributed by atoms with van der Waals surface area (Å²) in [6.07, 6.45) is 3.60. The summed E-state index contributed by atoms with van der Waals surface area (Å²) >= 11 is 0. The number of urea groups is 1. The zero-order chi connectivity index (χ0) is 16.2. The Hall–Kier alpha value is -2.56. The van der Waals surface area contributed by atoms with Gasteiger partial charge in [0.15, 0.2) is 0 Å². The molecule has 5 nitrogen and oxygen atoms in total. The van der Waals surface area contributed by atoms with Gasteiger partial charge in [0.05, 0.1) is 0 Å². The van der Waals surface area contributed by atoms with E-state index in [1.807, 2.05) is 36.1 Å². The summed E-state index contributed by atoms with van der Waals surface area (Å²) in [6, 6.07) is 10.1. The molecule has 2 aromatic rings. The molecular formula is C18H22N4O. The second-order valence-electron chi connectivity index (χ2n) is 5.93. The van der Waals surface area contributed by atoms with E-state index in [1.54, 1.807) is 12.4 Å². The molecular weight excluding hydrogens is 288 g/mol. The molecule has 1 aromatic carbocycles. The molecule has 1 aliphatic rings. The first-order valence-corrected chi connectivity index (χ1v) is 7.91. The van der Waals surface area contributed by atoms with Crippen LogP contribution in [0.2, 0.25) is 0 Å². The number of amides is 2. The first-order valence-electron chi connectivity index (χ1n) is 7.91. The van der Waals surface area contributed by atoms with Crippen molar-refractivity contribution in [1.29, 1.82) is 0 Å². The van der Waals surface area contributed by atoms with E-state index in [0.29, 0.717) is 0 Å². The number of piperazine rings is 1. The van der Waals surface area contributed by atoms with Crippen LogP contribution in [0.5, 0.6) is 0 Å². The van der Waals surface area contributed by atoms with E-state index in [9.17, 15) is 4.79 Å². The van der Waals surface area contributed by atoms with Crippen molar-refractivity contribution in [3.8, 4) is 0 Å². The van der Waals surface area contributed by atoms with Crippen LogP contribution in [-0.4, -0.2) is 42.1 Å². The average molecular weight is 310 g/mol. The number of carbonyl (C=O) groups excluding carboxylic acids is 1. The Bertz CT molecular complexity index is 679. The summed E-state index contributed by atoms with van der Waals surface area (Å²) in [4.78, 5) is 20.6. The molecule has 1 aliphatic heterocycles. The fourth-order valence-electron chi connectivity index (χ4n) is 2.87. The van der Waals surface area contributed by atoms with Gasteiger partial charge in [-0.05, 0) is 37.6 Å². The lowest BCUT2D eigenvalue weighted by atomic mass is 10.1. The van der Waals surface area contributed by atoms with E-state index in [-0.39, 0.29) is 6.03 Å². The third-order valence-corrected chi connectivity index (χ3v) is 4.22. The minimum Gasteiger partial charge on any atom is -0.368 e. The number of hydrogen-bond acceptors (Lipinski definition) is 3. The number of anilines is 2. The quantitative estimate of drug-likeness (QED) is 0.927. The summed E-state index contributed by atoms with van der Waals surface area (Å²) in [7, 11) is 0. The molecule has 0 bridgehead atoms. The van der Waals surface area contributed by atoms with Crippen molar-refractivity contribution in [2.45, 2.75) is 13.8 Å². The smallest absolute Gasteiger partial charge is 0.321 e. The molecule has 1 N–H and O–H groups in total. The molecule has 0 atom stereocenters. The third kappa shape index (κ3) is 3.62. The topological polar surface area (TPSA) is 48.5 Å². The number of rotatable bonds is 2. The lowest BCUT2D eigenvalue weighted by Gasteiger charge is -2.36. The van der Waals surface area contributed by atoms with E-state index in [4.69, 9.17) is 0 Å². The van der Waals surface area contributed by atoms with E-state index < -0.39 is 0 Å². The van der Waals surface area contributed by atoms with Gasteiger partial charge in [0.2, 0.25) is 0 Å². The van der Waals surface area contributed by atoms with E-state index >= 15 is 0 Å². The summed E-state index contributed by atoms with van der Waals surface area (Å²) in [5, 5.41) is 3.02. The third-order valence-electron chi connectivity index (χ3n) is 4.22. The van der Waals surface area contributed by atoms with Gasteiger partial charge in [0, 0.05) is 49.9 Å². The Morgan fingerprint density at radius 1 is 1.04 bits per heavy atom. The van der Waals surface area contributed by atoms with Crippen LogP contribution in [0.3, 0.4) is 0 Å². The predicted octanol–water partition coefficient (Wildman–Crippen LogP) is 3.05. The summed E-state index contributed by atoms with van der Waals surface area (Å²) < 4.78 is 0. The first kappa shape index (κ1) is 15.3. The summed E-state index contributed by atoms with van der Waals surface area (Å²) in [5.41, 5.74) is 4.34. The number of aromatic nitrogens is 1. The molecule has 0 aliphatic carbocycles. The minimum atomic E-state index is -0.0219. The second-order valence-corrected chi connectivity index (χ2v) is 5.93. The van der Waals surface area contributed by atoms with Crippen LogP contribution >= 0.6 is 0 Å². The lowest BCUT2D eigenvalue weighted by Crippen LogP contribution is -2.50. The minimum absolute atomic E-state index is 0.0219. The largest absolute Gasteiger partial charge is 0.368 e. The van der Waals surface area contributed by atoms with Gasteiger partial charge in [-0.3, -0.25) is 4.98 Å². The van der Waals surface area contributed by atoms with Crippen molar-refractivity contribution in [2.24, 2.45) is 0 Å². The highest BCUT2D eigenvalue weighted by atomic mass is 16.2. The van der Waals surface area contributed by atoms with Crippen LogP contribution in [0.1, 0.15) is 11.1 Å². The number of pyridine rings is 1. The Morgan fingerprint density at radius 2 is 1.74 bits per heavy atom. The van der Waals surface area contributed by atoms with Gasteiger partial charge in [0.1, 0.15) is 0 Å². The molecule has 0 saturated carbocycles. The van der Waals surface area contributed by atoms with E-state index in [2.05, 4.69) is 28.2 Å². The zero-order valence-electron chi connectivity index (χ0n) is 13.6. The first-order chi connectivity index (χ1) is 11.1. The van der Waals surface area contributed by atoms with Gasteiger partial charge in [-0.2, -0.15) is 0 Å². The normalized spacial score (nSPS) is 14.7. The summed E-state index contributed by atoms with van der Waals surface area (Å²) in [5.74, 6) is 0. The van der Waals surface area contributed by atoms with Crippen LogP contribution < -0.4 is 10.2 Å². The van der Waals surface area contributed by atoms with Crippen molar-refractivity contribution < 1.29 is 4.79 Å². The molecule has 2 heterocycles. The maximum absolute atomic E-state index is 12.4. The summed E-state index contributed by atoms with van der Waals surface area (Å²) in [6.45, 7) is 7.19. The fraction of sp³-hybridized carbons (Fsp3) is 0.333. The van der Waals surface area contributed by atoms with Gasteiger partial charge in [-0.25, -0.2) is 4.79 Å². The molecule has 2 amide bonds. The second kappa shape index (κ2) is 6.69. The fourth-order valence-corrected chi connectivity index (χ4v) is 2.87. The van der Waals surface area contributed by atoms with Gasteiger partial charge >= 0.3 is 6.03 Å². The number of nitrogens with one attached hydrogen (secondary N) is 1. The number of hydrogen-bond donors (Lipinski definition) is 1. The molecule has 1 aromatic heterocycles. The Kier molecular flexibility index (Phi) is 4.46. The molecule has 0 radical (unpaired) electrons. The Balaban J connectivity index is 1.58. The standard InChI is InChI=1S/C18H22N4O/c1-14-3-4-17(15(2)13-14)20-18(23)22-11-9-21(10-12-22)16-5-7-19-8-6-16/h3-8,13H,9-12H2,1-2H3,(H,20,23). The van der Waals surface area contributed by atoms with Gasteiger partial charge in [0.25, 0.3) is 0 Å². The maximum Gasteiger partial charge on any atom is 0.321 e. The molecule has 1 fully saturated rings. The monoisotopic (exact) mass is 310 g/mol. The van der Waals surface area contributed by atoms with Crippen LogP contribution in [0.4, 0.5) is 16.2 Å². The van der Waals surface area contributed by atoms with Crippen molar-refractivity contribution >= 4 is 17.4 Å². The Morgan fingerprint density at radius 3 is 2.39 bits per heavy atom. The van der Waals surface area contributed by atoms with E-state index in [1.165, 1.54) is 5.56 Å². The van der Waals surface area contributed by atoms with Crippen molar-refractivity contribution in [1.82, 2.24) is 9.88 Å². The highest BCUT2D eigenvalue weighted by molar-refractivity contribution is 5.90. The van der Waals surface area contributed by atoms with Crippen molar-refractivity contribution in [3.05, 3.63) is 53.9 Å². The highest BCUT2D eigenvalue weighted by Crippen LogP contribution is 2.18. The van der Waals surface area contributed by atoms with Crippen LogP contribution in [-0.2, 0) is 0 Å². The SMILES string of the molecule is Cc1ccc(NC(=O)N2CCN(c3ccncc3)CC2)c(C)c1. The van der Waals surface area contributed by atoms with E-state index in [0.717, 1.165) is 43.1 Å². The predicted molar refractivity (Wildman–Crippen MR) is 93.0 cm³/mol. The molecule has 23 heavy (non-hydrogen) atoms. The molecule has 5 heteroatoms. The molecule has 3 rings (SSSR count). The van der Waals surface area contributed by atoms with Crippen molar-refractivity contribution in [3.63, 3.8) is 0 Å².